The van der Waals surface area contributed by atoms with Crippen LogP contribution in [-0.2, 0) is 7.05 Å². The topological polar surface area (TPSA) is 47.2 Å². The number of nitrogens with zero attached hydrogens (tertiary/aromatic N) is 4. The number of benzene rings is 1. The fourth-order valence-electron chi connectivity index (χ4n) is 3.54. The molecule has 28 heavy (non-hydrogen) atoms. The Hall–Kier alpha value is -3.67. The summed E-state index contributed by atoms with van der Waals surface area (Å²) in [4.78, 5) is 4.53. The summed E-state index contributed by atoms with van der Waals surface area (Å²) in [7, 11) is 1.89. The van der Waals surface area contributed by atoms with E-state index in [1.165, 1.54) is 12.1 Å². The van der Waals surface area contributed by atoms with Crippen molar-refractivity contribution in [3.8, 4) is 22.4 Å². The highest BCUT2D eigenvalue weighted by Gasteiger charge is 2.16. The van der Waals surface area contributed by atoms with Gasteiger partial charge in [0.05, 0.1) is 17.9 Å². The van der Waals surface area contributed by atoms with Gasteiger partial charge in [-0.25, -0.2) is 9.37 Å². The molecule has 6 heteroatoms. The zero-order valence-corrected chi connectivity index (χ0v) is 15.2. The Morgan fingerprint density at radius 1 is 1.00 bits per heavy atom. The maximum absolute atomic E-state index is 13.3. The van der Waals surface area contributed by atoms with Gasteiger partial charge in [-0.15, -0.1) is 0 Å². The highest BCUT2D eigenvalue weighted by molar-refractivity contribution is 5.80. The minimum absolute atomic E-state index is 0.0701. The van der Waals surface area contributed by atoms with Crippen molar-refractivity contribution in [1.29, 1.82) is 0 Å². The Morgan fingerprint density at radius 3 is 2.61 bits per heavy atom. The minimum Gasteiger partial charge on any atom is -0.379 e. The van der Waals surface area contributed by atoms with E-state index in [4.69, 9.17) is 0 Å². The van der Waals surface area contributed by atoms with E-state index in [1.54, 1.807) is 16.8 Å². The van der Waals surface area contributed by atoms with Gasteiger partial charge in [0.25, 0.3) is 0 Å². The van der Waals surface area contributed by atoms with E-state index in [9.17, 15) is 4.39 Å². The number of nitrogens with one attached hydrogen (secondary N) is 1. The van der Waals surface area contributed by atoms with Crippen LogP contribution < -0.4 is 5.32 Å². The molecule has 1 aliphatic rings. The number of hydrogen-bond donors (Lipinski definition) is 1. The molecule has 5 nitrogen and oxygen atoms in total. The van der Waals surface area contributed by atoms with Crippen LogP contribution >= 0.6 is 0 Å². The largest absolute Gasteiger partial charge is 0.379 e. The van der Waals surface area contributed by atoms with Crippen LogP contribution in [0.5, 0.6) is 0 Å². The molecule has 138 valence electrons. The number of aryl methyl sites for hydroxylation is 1. The molecule has 3 aromatic heterocycles. The molecular formula is C22H18FN5. The van der Waals surface area contributed by atoms with Gasteiger partial charge in [-0.3, -0.25) is 4.68 Å². The van der Waals surface area contributed by atoms with Gasteiger partial charge < -0.3 is 9.72 Å². The molecule has 4 heterocycles. The third-order valence-electron chi connectivity index (χ3n) is 4.90. The molecule has 1 unspecified atom stereocenters. The number of aromatic nitrogens is 4. The number of dihydropyridines is 1. The maximum Gasteiger partial charge on any atom is 0.136 e. The SMILES string of the molecule is Cn1cc(-c2ccc3ncc(C4C=CC=CN4)n3c2)c(-c2ccc(F)cc2)n1. The molecule has 0 amide bonds. The minimum atomic E-state index is -0.257. The average molecular weight is 371 g/mol. The van der Waals surface area contributed by atoms with Gasteiger partial charge in [0, 0.05) is 36.1 Å². The molecule has 4 aromatic rings. The maximum atomic E-state index is 13.3. The van der Waals surface area contributed by atoms with Crippen molar-refractivity contribution in [2.24, 2.45) is 7.05 Å². The van der Waals surface area contributed by atoms with E-state index in [-0.39, 0.29) is 11.9 Å². The van der Waals surface area contributed by atoms with Crippen LogP contribution in [0.3, 0.4) is 0 Å². The number of halogens is 1. The van der Waals surface area contributed by atoms with Crippen molar-refractivity contribution in [1.82, 2.24) is 24.5 Å². The first-order valence-electron chi connectivity index (χ1n) is 9.05. The third kappa shape index (κ3) is 2.79. The van der Waals surface area contributed by atoms with Crippen molar-refractivity contribution in [3.05, 3.63) is 90.9 Å². The molecule has 0 saturated heterocycles. The Balaban J connectivity index is 1.63. The number of imidazole rings is 1. The number of allylic oxidation sites excluding steroid dienone is 2. The van der Waals surface area contributed by atoms with E-state index < -0.39 is 0 Å². The molecule has 0 fully saturated rings. The molecule has 1 aliphatic heterocycles. The molecule has 0 bridgehead atoms. The Kier molecular flexibility index (Phi) is 3.83. The Labute approximate surface area is 161 Å². The molecule has 0 spiro atoms. The lowest BCUT2D eigenvalue weighted by molar-refractivity contribution is 0.628. The zero-order chi connectivity index (χ0) is 19.1. The molecule has 0 saturated carbocycles. The summed E-state index contributed by atoms with van der Waals surface area (Å²) in [6.45, 7) is 0. The first kappa shape index (κ1) is 16.5. The Bertz CT molecular complexity index is 1210. The highest BCUT2D eigenvalue weighted by Crippen LogP contribution is 2.32. The van der Waals surface area contributed by atoms with E-state index in [1.807, 2.05) is 49.9 Å². The lowest BCUT2D eigenvalue weighted by atomic mass is 10.0. The summed E-state index contributed by atoms with van der Waals surface area (Å²) in [5.41, 5.74) is 5.66. The van der Waals surface area contributed by atoms with Crippen molar-refractivity contribution < 1.29 is 4.39 Å². The van der Waals surface area contributed by atoms with Gasteiger partial charge in [-0.1, -0.05) is 12.2 Å². The molecule has 1 N–H and O–H groups in total. The monoisotopic (exact) mass is 371 g/mol. The van der Waals surface area contributed by atoms with Gasteiger partial charge in [0.1, 0.15) is 17.2 Å². The second-order valence-electron chi connectivity index (χ2n) is 6.79. The zero-order valence-electron chi connectivity index (χ0n) is 15.2. The van der Waals surface area contributed by atoms with Crippen LogP contribution in [0, 0.1) is 5.82 Å². The summed E-state index contributed by atoms with van der Waals surface area (Å²) in [6, 6.07) is 10.5. The van der Waals surface area contributed by atoms with Crippen LogP contribution in [0.15, 0.2) is 79.4 Å². The molecular weight excluding hydrogens is 353 g/mol. The van der Waals surface area contributed by atoms with Crippen LogP contribution in [0.4, 0.5) is 4.39 Å². The summed E-state index contributed by atoms with van der Waals surface area (Å²) < 4.78 is 17.2. The summed E-state index contributed by atoms with van der Waals surface area (Å²) >= 11 is 0. The van der Waals surface area contributed by atoms with Gasteiger partial charge >= 0.3 is 0 Å². The fraction of sp³-hybridized carbons (Fsp3) is 0.0909. The van der Waals surface area contributed by atoms with Gasteiger partial charge in [0.15, 0.2) is 0 Å². The van der Waals surface area contributed by atoms with Crippen molar-refractivity contribution in [2.75, 3.05) is 0 Å². The average Bonchev–Trinajstić information content (AvgIpc) is 3.32. The van der Waals surface area contributed by atoms with Crippen LogP contribution in [0.1, 0.15) is 11.7 Å². The first-order valence-corrected chi connectivity index (χ1v) is 9.05. The van der Waals surface area contributed by atoms with Crippen molar-refractivity contribution >= 4 is 5.65 Å². The van der Waals surface area contributed by atoms with E-state index in [2.05, 4.69) is 32.1 Å². The molecule has 5 rings (SSSR count). The summed E-state index contributed by atoms with van der Waals surface area (Å²) in [6.07, 6.45) is 14.0. The first-order chi connectivity index (χ1) is 13.7. The van der Waals surface area contributed by atoms with Crippen LogP contribution in [0.2, 0.25) is 0 Å². The summed E-state index contributed by atoms with van der Waals surface area (Å²) in [5.74, 6) is -0.257. The second-order valence-corrected chi connectivity index (χ2v) is 6.79. The number of rotatable bonds is 3. The normalized spacial score (nSPS) is 15.9. The third-order valence-corrected chi connectivity index (χ3v) is 4.90. The molecule has 1 atom stereocenters. The molecule has 1 aromatic carbocycles. The lowest BCUT2D eigenvalue weighted by Gasteiger charge is -2.15. The predicted molar refractivity (Wildman–Crippen MR) is 107 cm³/mol. The smallest absolute Gasteiger partial charge is 0.136 e. The van der Waals surface area contributed by atoms with Gasteiger partial charge in [-0.2, -0.15) is 5.10 Å². The number of pyridine rings is 1. The number of hydrogen-bond acceptors (Lipinski definition) is 3. The van der Waals surface area contributed by atoms with Gasteiger partial charge in [0.2, 0.25) is 0 Å². The number of fused-ring (bicyclic) bond motifs is 1. The molecule has 0 radical (unpaired) electrons. The van der Waals surface area contributed by atoms with E-state index in [0.29, 0.717) is 0 Å². The van der Waals surface area contributed by atoms with Crippen molar-refractivity contribution in [2.45, 2.75) is 6.04 Å². The van der Waals surface area contributed by atoms with Crippen molar-refractivity contribution in [3.63, 3.8) is 0 Å². The van der Waals surface area contributed by atoms with Gasteiger partial charge in [-0.05, 0) is 48.7 Å². The predicted octanol–water partition coefficient (Wildman–Crippen LogP) is 4.26. The lowest BCUT2D eigenvalue weighted by Crippen LogP contribution is -2.16. The Morgan fingerprint density at radius 2 is 1.82 bits per heavy atom. The van der Waals surface area contributed by atoms with E-state index >= 15 is 0 Å². The quantitative estimate of drug-likeness (QED) is 0.585. The van der Waals surface area contributed by atoms with Crippen LogP contribution in [0.25, 0.3) is 28.0 Å². The standard InChI is InChI=1S/C22H18FN5/c1-27-14-18(22(26-27)15-5-8-17(23)9-6-15)16-7-10-21-25-12-20(28(21)13-16)19-4-2-3-11-24-19/h2-14,19,24H,1H3. The van der Waals surface area contributed by atoms with Crippen LogP contribution in [-0.4, -0.2) is 19.2 Å². The van der Waals surface area contributed by atoms with E-state index in [0.717, 1.165) is 33.7 Å². The second kappa shape index (κ2) is 6.49. The fourth-order valence-corrected chi connectivity index (χ4v) is 3.54. The highest BCUT2D eigenvalue weighted by atomic mass is 19.1. The summed E-state index contributed by atoms with van der Waals surface area (Å²) in [5, 5.41) is 7.94. The molecule has 0 aliphatic carbocycles.